The van der Waals surface area contributed by atoms with Crippen LogP contribution in [-0.2, 0) is 0 Å². The second-order valence-electron chi connectivity index (χ2n) is 5.09. The van der Waals surface area contributed by atoms with Crippen molar-refractivity contribution >= 4 is 28.9 Å². The number of amides is 1. The number of hydrogen-bond donors (Lipinski definition) is 1. The van der Waals surface area contributed by atoms with Gasteiger partial charge in [-0.25, -0.2) is 0 Å². The molecule has 2 aromatic rings. The van der Waals surface area contributed by atoms with Crippen LogP contribution >= 0.6 is 11.6 Å². The Balaban J connectivity index is 1.74. The van der Waals surface area contributed by atoms with Crippen molar-refractivity contribution in [3.8, 4) is 0 Å². The lowest BCUT2D eigenvalue weighted by atomic mass is 10.2. The molecule has 0 saturated carbocycles. The van der Waals surface area contributed by atoms with Crippen LogP contribution in [0.3, 0.4) is 0 Å². The summed E-state index contributed by atoms with van der Waals surface area (Å²) in [5, 5.41) is 3.49. The number of hydrogen-bond acceptors (Lipinski definition) is 3. The van der Waals surface area contributed by atoms with Gasteiger partial charge in [-0.1, -0.05) is 11.6 Å². The summed E-state index contributed by atoms with van der Waals surface area (Å²) in [5.41, 5.74) is 2.29. The molecule has 2 heterocycles. The number of rotatable bonds is 3. The number of carbonyl (C=O) groups excluding carboxylic acids is 1. The maximum Gasteiger partial charge on any atom is 0.257 e. The first-order valence-electron chi connectivity index (χ1n) is 6.99. The molecule has 1 fully saturated rings. The summed E-state index contributed by atoms with van der Waals surface area (Å²) in [6.07, 6.45) is 5.79. The predicted molar refractivity (Wildman–Crippen MR) is 85.1 cm³/mol. The third-order valence-corrected chi connectivity index (χ3v) is 3.81. The Labute approximate surface area is 128 Å². The number of benzene rings is 1. The van der Waals surface area contributed by atoms with Crippen molar-refractivity contribution in [2.24, 2.45) is 0 Å². The molecule has 0 bridgehead atoms. The van der Waals surface area contributed by atoms with E-state index in [2.05, 4.69) is 15.2 Å². The van der Waals surface area contributed by atoms with E-state index in [1.54, 1.807) is 30.5 Å². The minimum absolute atomic E-state index is 0.161. The van der Waals surface area contributed by atoms with Crippen LogP contribution in [0.2, 0.25) is 5.02 Å². The van der Waals surface area contributed by atoms with E-state index in [4.69, 9.17) is 11.6 Å². The Morgan fingerprint density at radius 1 is 1.14 bits per heavy atom. The van der Waals surface area contributed by atoms with Crippen LogP contribution in [0.4, 0.5) is 11.4 Å². The summed E-state index contributed by atoms with van der Waals surface area (Å²) in [6, 6.07) is 8.94. The monoisotopic (exact) mass is 301 g/mol. The molecule has 0 radical (unpaired) electrons. The third-order valence-electron chi connectivity index (χ3n) is 3.56. The molecule has 21 heavy (non-hydrogen) atoms. The molecule has 1 saturated heterocycles. The minimum atomic E-state index is -0.161. The van der Waals surface area contributed by atoms with Gasteiger partial charge in [-0.05, 0) is 43.2 Å². The zero-order valence-corrected chi connectivity index (χ0v) is 12.3. The van der Waals surface area contributed by atoms with E-state index in [-0.39, 0.29) is 5.91 Å². The highest BCUT2D eigenvalue weighted by molar-refractivity contribution is 6.30. The quantitative estimate of drug-likeness (QED) is 0.942. The molecule has 4 nitrogen and oxygen atoms in total. The van der Waals surface area contributed by atoms with Gasteiger partial charge in [-0.3, -0.25) is 9.78 Å². The van der Waals surface area contributed by atoms with Crippen LogP contribution in [0.25, 0.3) is 0 Å². The van der Waals surface area contributed by atoms with Crippen molar-refractivity contribution in [3.63, 3.8) is 0 Å². The lowest BCUT2D eigenvalue weighted by Crippen LogP contribution is -2.19. The van der Waals surface area contributed by atoms with Gasteiger partial charge < -0.3 is 10.2 Å². The lowest BCUT2D eigenvalue weighted by Gasteiger charge is -2.17. The van der Waals surface area contributed by atoms with Crippen LogP contribution in [0.15, 0.2) is 42.7 Å². The van der Waals surface area contributed by atoms with Gasteiger partial charge >= 0.3 is 0 Å². The molecule has 1 aliphatic heterocycles. The van der Waals surface area contributed by atoms with Gasteiger partial charge in [0.15, 0.2) is 0 Å². The zero-order chi connectivity index (χ0) is 14.7. The molecule has 1 aliphatic rings. The molecule has 108 valence electrons. The van der Waals surface area contributed by atoms with Crippen molar-refractivity contribution < 1.29 is 4.79 Å². The van der Waals surface area contributed by atoms with E-state index < -0.39 is 0 Å². The lowest BCUT2D eigenvalue weighted by molar-refractivity contribution is 0.102. The van der Waals surface area contributed by atoms with Crippen molar-refractivity contribution in [2.75, 3.05) is 23.3 Å². The number of pyridine rings is 1. The summed E-state index contributed by atoms with van der Waals surface area (Å²) < 4.78 is 0. The van der Waals surface area contributed by atoms with E-state index in [0.717, 1.165) is 24.5 Å². The van der Waals surface area contributed by atoms with E-state index in [1.807, 2.05) is 12.3 Å². The highest BCUT2D eigenvalue weighted by Gasteiger charge is 2.14. The fourth-order valence-electron chi connectivity index (χ4n) is 2.44. The molecule has 0 aliphatic carbocycles. The average Bonchev–Trinajstić information content (AvgIpc) is 3.04. The van der Waals surface area contributed by atoms with Gasteiger partial charge in [-0.2, -0.15) is 0 Å². The highest BCUT2D eigenvalue weighted by Crippen LogP contribution is 2.21. The van der Waals surface area contributed by atoms with Crippen molar-refractivity contribution in [1.82, 2.24) is 4.98 Å². The van der Waals surface area contributed by atoms with Crippen molar-refractivity contribution in [1.29, 1.82) is 0 Å². The molecule has 1 N–H and O–H groups in total. The molecule has 0 spiro atoms. The molecule has 1 aromatic carbocycles. The molecular formula is C16H16ClN3O. The van der Waals surface area contributed by atoms with Gasteiger partial charge in [0.05, 0.1) is 17.4 Å². The molecular weight excluding hydrogens is 286 g/mol. The molecule has 3 rings (SSSR count). The van der Waals surface area contributed by atoms with Gasteiger partial charge in [-0.15, -0.1) is 0 Å². The smallest absolute Gasteiger partial charge is 0.257 e. The zero-order valence-electron chi connectivity index (χ0n) is 11.6. The largest absolute Gasteiger partial charge is 0.370 e. The van der Waals surface area contributed by atoms with Crippen molar-refractivity contribution in [2.45, 2.75) is 12.8 Å². The average molecular weight is 302 g/mol. The maximum atomic E-state index is 12.3. The Kier molecular flexibility index (Phi) is 4.06. The first-order chi connectivity index (χ1) is 10.2. The number of carbonyl (C=O) groups is 1. The fraction of sp³-hybridized carbons (Fsp3) is 0.250. The Morgan fingerprint density at radius 3 is 2.57 bits per heavy atom. The van der Waals surface area contributed by atoms with Crippen LogP contribution in [-0.4, -0.2) is 24.0 Å². The summed E-state index contributed by atoms with van der Waals surface area (Å²) in [7, 11) is 0. The summed E-state index contributed by atoms with van der Waals surface area (Å²) >= 11 is 5.83. The SMILES string of the molecule is O=C(Nc1ccc(Cl)cc1)c1cncc(N2CCCC2)c1. The first-order valence-corrected chi connectivity index (χ1v) is 7.37. The maximum absolute atomic E-state index is 12.3. The van der Waals surface area contributed by atoms with Crippen LogP contribution in [0.1, 0.15) is 23.2 Å². The number of aromatic nitrogens is 1. The van der Waals surface area contributed by atoms with Gasteiger partial charge in [0, 0.05) is 30.0 Å². The molecule has 5 heteroatoms. The number of nitrogens with zero attached hydrogens (tertiary/aromatic N) is 2. The summed E-state index contributed by atoms with van der Waals surface area (Å²) in [6.45, 7) is 2.06. The number of anilines is 2. The van der Waals surface area contributed by atoms with Gasteiger partial charge in [0.25, 0.3) is 5.91 Å². The Hall–Kier alpha value is -2.07. The summed E-state index contributed by atoms with van der Waals surface area (Å²) in [4.78, 5) is 18.7. The van der Waals surface area contributed by atoms with Crippen LogP contribution in [0.5, 0.6) is 0 Å². The standard InChI is InChI=1S/C16H16ClN3O/c17-13-3-5-14(6-4-13)19-16(21)12-9-15(11-18-10-12)20-7-1-2-8-20/h3-6,9-11H,1-2,7-8H2,(H,19,21). The topological polar surface area (TPSA) is 45.2 Å². The van der Waals surface area contributed by atoms with Crippen LogP contribution in [0, 0.1) is 0 Å². The number of nitrogens with one attached hydrogen (secondary N) is 1. The third kappa shape index (κ3) is 3.34. The molecule has 1 aromatic heterocycles. The van der Waals surface area contributed by atoms with Gasteiger partial charge in [0.2, 0.25) is 0 Å². The van der Waals surface area contributed by atoms with Crippen LogP contribution < -0.4 is 10.2 Å². The minimum Gasteiger partial charge on any atom is -0.370 e. The highest BCUT2D eigenvalue weighted by atomic mass is 35.5. The molecule has 1 amide bonds. The molecule has 0 unspecified atom stereocenters. The number of halogens is 1. The van der Waals surface area contributed by atoms with E-state index >= 15 is 0 Å². The van der Waals surface area contributed by atoms with Crippen molar-refractivity contribution in [3.05, 3.63) is 53.3 Å². The van der Waals surface area contributed by atoms with E-state index in [9.17, 15) is 4.79 Å². The van der Waals surface area contributed by atoms with E-state index in [1.165, 1.54) is 12.8 Å². The summed E-state index contributed by atoms with van der Waals surface area (Å²) in [5.74, 6) is -0.161. The molecule has 0 atom stereocenters. The Bertz CT molecular complexity index is 636. The second-order valence-corrected chi connectivity index (χ2v) is 5.52. The van der Waals surface area contributed by atoms with Gasteiger partial charge in [0.1, 0.15) is 0 Å². The normalized spacial score (nSPS) is 14.2. The Morgan fingerprint density at radius 2 is 1.86 bits per heavy atom. The first kappa shape index (κ1) is 13.9. The van der Waals surface area contributed by atoms with E-state index in [0.29, 0.717) is 10.6 Å². The predicted octanol–water partition coefficient (Wildman–Crippen LogP) is 3.59. The second kappa shape index (κ2) is 6.14. The fourth-order valence-corrected chi connectivity index (χ4v) is 2.56.